The van der Waals surface area contributed by atoms with Crippen LogP contribution >= 0.6 is 11.8 Å². The van der Waals surface area contributed by atoms with E-state index in [0.717, 1.165) is 23.1 Å². The maximum Gasteiger partial charge on any atom is 0.313 e. The number of carboxylic acids is 1. The second-order valence-electron chi connectivity index (χ2n) is 5.45. The molecule has 0 radical (unpaired) electrons. The molecule has 0 fully saturated rings. The summed E-state index contributed by atoms with van der Waals surface area (Å²) in [7, 11) is 0. The molecule has 2 aromatic carbocycles. The number of rotatable bonds is 7. The third kappa shape index (κ3) is 4.20. The van der Waals surface area contributed by atoms with Gasteiger partial charge in [0, 0.05) is 5.69 Å². The van der Waals surface area contributed by atoms with Crippen molar-refractivity contribution >= 4 is 17.7 Å². The minimum atomic E-state index is -0.957. The smallest absolute Gasteiger partial charge is 0.313 e. The number of hydrogen-bond acceptors (Lipinski definition) is 5. The van der Waals surface area contributed by atoms with Crippen molar-refractivity contribution in [2.75, 3.05) is 5.75 Å². The van der Waals surface area contributed by atoms with Crippen molar-refractivity contribution in [3.8, 4) is 11.4 Å². The van der Waals surface area contributed by atoms with Gasteiger partial charge in [0.2, 0.25) is 0 Å². The second kappa shape index (κ2) is 8.01. The van der Waals surface area contributed by atoms with Crippen LogP contribution in [0, 0.1) is 12.7 Å². The number of nitrogens with zero attached hydrogens (tertiary/aromatic N) is 3. The third-order valence-electron chi connectivity index (χ3n) is 3.56. The standard InChI is InChI=1S/C18H16FN3O3S/c1-12-4-2-3-5-15(12)25-10-16-20-21-18(26-11-17(23)24)22(16)14-8-6-13(19)7-9-14/h2-9H,10-11H2,1H3,(H,23,24). The Kier molecular flexibility index (Phi) is 5.52. The van der Waals surface area contributed by atoms with Crippen LogP contribution in [-0.4, -0.2) is 31.6 Å². The van der Waals surface area contributed by atoms with Gasteiger partial charge in [-0.15, -0.1) is 10.2 Å². The largest absolute Gasteiger partial charge is 0.485 e. The zero-order valence-electron chi connectivity index (χ0n) is 13.9. The zero-order chi connectivity index (χ0) is 18.5. The van der Waals surface area contributed by atoms with Gasteiger partial charge in [0.15, 0.2) is 11.0 Å². The summed E-state index contributed by atoms with van der Waals surface area (Å²) in [6.07, 6.45) is 0. The first kappa shape index (κ1) is 17.9. The number of thioether (sulfide) groups is 1. The fourth-order valence-corrected chi connectivity index (χ4v) is 3.01. The maximum atomic E-state index is 13.2. The van der Waals surface area contributed by atoms with E-state index in [2.05, 4.69) is 10.2 Å². The number of carbonyl (C=O) groups is 1. The first-order valence-electron chi connectivity index (χ1n) is 7.78. The third-order valence-corrected chi connectivity index (χ3v) is 4.47. The number of hydrogen-bond donors (Lipinski definition) is 1. The van der Waals surface area contributed by atoms with Crippen LogP contribution in [0.25, 0.3) is 5.69 Å². The minimum absolute atomic E-state index is 0.142. The summed E-state index contributed by atoms with van der Waals surface area (Å²) in [6.45, 7) is 2.08. The lowest BCUT2D eigenvalue weighted by molar-refractivity contribution is -0.133. The van der Waals surface area contributed by atoms with Gasteiger partial charge >= 0.3 is 5.97 Å². The minimum Gasteiger partial charge on any atom is -0.485 e. The number of aromatic nitrogens is 3. The van der Waals surface area contributed by atoms with Crippen molar-refractivity contribution < 1.29 is 19.0 Å². The van der Waals surface area contributed by atoms with E-state index in [4.69, 9.17) is 9.84 Å². The lowest BCUT2D eigenvalue weighted by atomic mass is 10.2. The van der Waals surface area contributed by atoms with Gasteiger partial charge in [0.1, 0.15) is 18.2 Å². The number of benzene rings is 2. The van der Waals surface area contributed by atoms with Crippen LogP contribution in [0.15, 0.2) is 53.7 Å². The quantitative estimate of drug-likeness (QED) is 0.639. The Labute approximate surface area is 153 Å². The number of aliphatic carboxylic acids is 1. The Balaban J connectivity index is 1.90. The van der Waals surface area contributed by atoms with E-state index in [1.165, 1.54) is 12.1 Å². The van der Waals surface area contributed by atoms with E-state index in [-0.39, 0.29) is 18.2 Å². The van der Waals surface area contributed by atoms with Crippen molar-refractivity contribution in [2.24, 2.45) is 0 Å². The molecule has 0 aliphatic heterocycles. The highest BCUT2D eigenvalue weighted by Gasteiger charge is 2.16. The molecule has 26 heavy (non-hydrogen) atoms. The Morgan fingerprint density at radius 2 is 1.92 bits per heavy atom. The molecular formula is C18H16FN3O3S. The van der Waals surface area contributed by atoms with E-state index in [9.17, 15) is 9.18 Å². The molecule has 0 atom stereocenters. The molecule has 1 heterocycles. The van der Waals surface area contributed by atoms with Crippen molar-refractivity contribution in [3.05, 3.63) is 65.7 Å². The molecule has 3 rings (SSSR count). The molecule has 134 valence electrons. The molecule has 8 heteroatoms. The number of ether oxygens (including phenoxy) is 1. The lowest BCUT2D eigenvalue weighted by Crippen LogP contribution is -2.08. The fourth-order valence-electron chi connectivity index (χ4n) is 2.32. The maximum absolute atomic E-state index is 13.2. The number of aryl methyl sites for hydroxylation is 1. The van der Waals surface area contributed by atoms with Crippen molar-refractivity contribution in [1.29, 1.82) is 0 Å². The molecule has 0 aliphatic rings. The summed E-state index contributed by atoms with van der Waals surface area (Å²) in [5, 5.41) is 17.5. The van der Waals surface area contributed by atoms with Crippen LogP contribution in [-0.2, 0) is 11.4 Å². The Morgan fingerprint density at radius 1 is 1.19 bits per heavy atom. The van der Waals surface area contributed by atoms with Gasteiger partial charge in [0.05, 0.1) is 5.75 Å². The highest BCUT2D eigenvalue weighted by atomic mass is 32.2. The molecule has 0 unspecified atom stereocenters. The highest BCUT2D eigenvalue weighted by Crippen LogP contribution is 2.24. The molecule has 0 spiro atoms. The summed E-state index contributed by atoms with van der Waals surface area (Å²) in [5.74, 6) is -0.257. The Hall–Kier alpha value is -2.87. The van der Waals surface area contributed by atoms with E-state index >= 15 is 0 Å². The van der Waals surface area contributed by atoms with Crippen molar-refractivity contribution in [1.82, 2.24) is 14.8 Å². The molecule has 0 saturated heterocycles. The van der Waals surface area contributed by atoms with E-state index in [0.29, 0.717) is 16.7 Å². The van der Waals surface area contributed by atoms with Gasteiger partial charge in [-0.3, -0.25) is 9.36 Å². The Morgan fingerprint density at radius 3 is 2.62 bits per heavy atom. The summed E-state index contributed by atoms with van der Waals surface area (Å²) in [6, 6.07) is 13.4. The predicted molar refractivity (Wildman–Crippen MR) is 95.2 cm³/mol. The van der Waals surface area contributed by atoms with Crippen LogP contribution in [0.5, 0.6) is 5.75 Å². The average Bonchev–Trinajstić information content (AvgIpc) is 3.03. The molecular weight excluding hydrogens is 357 g/mol. The zero-order valence-corrected chi connectivity index (χ0v) is 14.7. The molecule has 0 amide bonds. The van der Waals surface area contributed by atoms with Crippen LogP contribution in [0.4, 0.5) is 4.39 Å². The number of halogens is 1. The van der Waals surface area contributed by atoms with Crippen LogP contribution < -0.4 is 4.74 Å². The lowest BCUT2D eigenvalue weighted by Gasteiger charge is -2.12. The Bertz CT molecular complexity index is 912. The SMILES string of the molecule is Cc1ccccc1OCc1nnc(SCC(=O)O)n1-c1ccc(F)cc1. The van der Waals surface area contributed by atoms with Crippen molar-refractivity contribution in [2.45, 2.75) is 18.7 Å². The van der Waals surface area contributed by atoms with Gasteiger partial charge < -0.3 is 9.84 Å². The molecule has 3 aromatic rings. The van der Waals surface area contributed by atoms with Gasteiger partial charge in [-0.2, -0.15) is 0 Å². The molecule has 1 aromatic heterocycles. The highest BCUT2D eigenvalue weighted by molar-refractivity contribution is 7.99. The van der Waals surface area contributed by atoms with Gasteiger partial charge in [-0.1, -0.05) is 30.0 Å². The first-order valence-corrected chi connectivity index (χ1v) is 8.76. The van der Waals surface area contributed by atoms with Crippen LogP contribution in [0.3, 0.4) is 0 Å². The summed E-state index contributed by atoms with van der Waals surface area (Å²) in [5.41, 5.74) is 1.62. The summed E-state index contributed by atoms with van der Waals surface area (Å²) < 4.78 is 20.7. The van der Waals surface area contributed by atoms with E-state index in [1.807, 2.05) is 31.2 Å². The normalized spacial score (nSPS) is 10.7. The molecule has 6 nitrogen and oxygen atoms in total. The number of para-hydroxylation sites is 1. The molecule has 0 bridgehead atoms. The number of carboxylic acid groups (broad SMARTS) is 1. The van der Waals surface area contributed by atoms with Crippen molar-refractivity contribution in [3.63, 3.8) is 0 Å². The second-order valence-corrected chi connectivity index (χ2v) is 6.39. The monoisotopic (exact) mass is 373 g/mol. The summed E-state index contributed by atoms with van der Waals surface area (Å²) >= 11 is 1.04. The van der Waals surface area contributed by atoms with Crippen LogP contribution in [0.2, 0.25) is 0 Å². The van der Waals surface area contributed by atoms with Crippen LogP contribution in [0.1, 0.15) is 11.4 Å². The predicted octanol–water partition coefficient (Wildman–Crippen LogP) is 3.47. The molecule has 1 N–H and O–H groups in total. The molecule has 0 aliphatic carbocycles. The van der Waals surface area contributed by atoms with E-state index in [1.54, 1.807) is 16.7 Å². The van der Waals surface area contributed by atoms with Gasteiger partial charge in [0.25, 0.3) is 0 Å². The fraction of sp³-hybridized carbons (Fsp3) is 0.167. The topological polar surface area (TPSA) is 77.2 Å². The summed E-state index contributed by atoms with van der Waals surface area (Å²) in [4.78, 5) is 10.9. The van der Waals surface area contributed by atoms with Gasteiger partial charge in [-0.05, 0) is 42.8 Å². The van der Waals surface area contributed by atoms with E-state index < -0.39 is 5.97 Å². The van der Waals surface area contributed by atoms with Gasteiger partial charge in [-0.25, -0.2) is 4.39 Å². The first-order chi connectivity index (χ1) is 12.5. The average molecular weight is 373 g/mol. The molecule has 0 saturated carbocycles.